The molecule has 1 aliphatic heterocycles. The molecule has 1 heterocycles. The molecule has 0 amide bonds. The Hall–Kier alpha value is -2.07. The van der Waals surface area contributed by atoms with Gasteiger partial charge in [-0.25, -0.2) is 0 Å². The minimum Gasteiger partial charge on any atom is -0.493 e. The summed E-state index contributed by atoms with van der Waals surface area (Å²) in [6.07, 6.45) is 7.94. The van der Waals surface area contributed by atoms with Crippen molar-refractivity contribution in [1.82, 2.24) is 0 Å². The van der Waals surface area contributed by atoms with Gasteiger partial charge in [-0.1, -0.05) is 30.4 Å². The normalized spacial score (nSPS) is 34.3. The van der Waals surface area contributed by atoms with Gasteiger partial charge in [0, 0.05) is 17.9 Å². The highest BCUT2D eigenvalue weighted by molar-refractivity contribution is 5.73. The number of benzene rings is 1. The standard InChI is InChI=1S/C17H16O4/c1-20-13-7-3-10-2-4-11-5-6-12(19)16-17(11,8-9-18)14(10)15(13)21-16/h2-7,9,11-12,16,19H,8H2,1H3/t11-,12+,16+,17+/m1/s1. The third-order valence-electron chi connectivity index (χ3n) is 4.92. The molecular weight excluding hydrogens is 268 g/mol. The zero-order chi connectivity index (χ0) is 14.6. The van der Waals surface area contributed by atoms with Gasteiger partial charge in [0.15, 0.2) is 11.5 Å². The van der Waals surface area contributed by atoms with E-state index in [1.165, 1.54) is 0 Å². The van der Waals surface area contributed by atoms with Crippen molar-refractivity contribution in [2.75, 3.05) is 7.11 Å². The van der Waals surface area contributed by atoms with Crippen molar-refractivity contribution in [1.29, 1.82) is 0 Å². The molecule has 4 rings (SSSR count). The van der Waals surface area contributed by atoms with Gasteiger partial charge < -0.3 is 19.4 Å². The minimum absolute atomic E-state index is 0.0527. The third kappa shape index (κ3) is 1.40. The van der Waals surface area contributed by atoms with Gasteiger partial charge in [0.2, 0.25) is 0 Å². The molecule has 21 heavy (non-hydrogen) atoms. The van der Waals surface area contributed by atoms with Crippen LogP contribution in [0.4, 0.5) is 0 Å². The molecule has 0 saturated heterocycles. The van der Waals surface area contributed by atoms with Crippen molar-refractivity contribution in [3.63, 3.8) is 0 Å². The molecule has 2 aliphatic carbocycles. The third-order valence-corrected chi connectivity index (χ3v) is 4.92. The van der Waals surface area contributed by atoms with Crippen LogP contribution in [-0.2, 0) is 10.2 Å². The monoisotopic (exact) mass is 284 g/mol. The maximum absolute atomic E-state index is 11.3. The van der Waals surface area contributed by atoms with Gasteiger partial charge in [-0.3, -0.25) is 0 Å². The second-order valence-corrected chi connectivity index (χ2v) is 5.77. The van der Waals surface area contributed by atoms with E-state index in [1.807, 2.05) is 18.2 Å². The average molecular weight is 284 g/mol. The number of carbonyl (C=O) groups is 1. The summed E-state index contributed by atoms with van der Waals surface area (Å²) in [6, 6.07) is 3.85. The van der Waals surface area contributed by atoms with Crippen LogP contribution in [0.3, 0.4) is 0 Å². The molecule has 1 N–H and O–H groups in total. The Morgan fingerprint density at radius 2 is 2.24 bits per heavy atom. The summed E-state index contributed by atoms with van der Waals surface area (Å²) in [6.45, 7) is 0. The molecule has 4 nitrogen and oxygen atoms in total. The van der Waals surface area contributed by atoms with Gasteiger partial charge in [0.1, 0.15) is 18.5 Å². The molecule has 1 aromatic rings. The Morgan fingerprint density at radius 1 is 1.38 bits per heavy atom. The molecule has 0 spiro atoms. The number of hydrogen-bond donors (Lipinski definition) is 1. The number of aliphatic hydroxyl groups excluding tert-OH is 1. The summed E-state index contributed by atoms with van der Waals surface area (Å²) in [5, 5.41) is 10.3. The molecule has 3 aliphatic rings. The van der Waals surface area contributed by atoms with Crippen molar-refractivity contribution >= 4 is 12.4 Å². The van der Waals surface area contributed by atoms with E-state index in [9.17, 15) is 9.90 Å². The fraction of sp³-hybridized carbons (Fsp3) is 0.353. The Kier molecular flexibility index (Phi) is 2.54. The second kappa shape index (κ2) is 4.21. The lowest BCUT2D eigenvalue weighted by atomic mass is 9.59. The summed E-state index contributed by atoms with van der Waals surface area (Å²) in [5.41, 5.74) is 1.51. The SMILES string of the molecule is COc1ccc2c3c1O[C@H]1[C@@H](O)C=C[C@@H](C=C2)[C@@]31CC=O. The van der Waals surface area contributed by atoms with Crippen LogP contribution >= 0.6 is 0 Å². The lowest BCUT2D eigenvalue weighted by Crippen LogP contribution is -2.52. The molecule has 0 fully saturated rings. The van der Waals surface area contributed by atoms with Crippen LogP contribution in [0.15, 0.2) is 30.4 Å². The van der Waals surface area contributed by atoms with Gasteiger partial charge in [0.25, 0.3) is 0 Å². The maximum Gasteiger partial charge on any atom is 0.166 e. The topological polar surface area (TPSA) is 55.8 Å². The van der Waals surface area contributed by atoms with E-state index < -0.39 is 17.6 Å². The van der Waals surface area contributed by atoms with E-state index in [4.69, 9.17) is 9.47 Å². The zero-order valence-electron chi connectivity index (χ0n) is 11.7. The maximum atomic E-state index is 11.3. The smallest absolute Gasteiger partial charge is 0.166 e. The van der Waals surface area contributed by atoms with E-state index in [2.05, 4.69) is 12.2 Å². The van der Waals surface area contributed by atoms with Crippen molar-refractivity contribution in [3.8, 4) is 11.5 Å². The van der Waals surface area contributed by atoms with E-state index in [0.29, 0.717) is 17.9 Å². The number of rotatable bonds is 3. The summed E-state index contributed by atoms with van der Waals surface area (Å²) >= 11 is 0. The van der Waals surface area contributed by atoms with Crippen molar-refractivity contribution < 1.29 is 19.4 Å². The highest BCUT2D eigenvalue weighted by Crippen LogP contribution is 2.59. The van der Waals surface area contributed by atoms with Crippen LogP contribution in [0.2, 0.25) is 0 Å². The number of aliphatic hydroxyl groups is 1. The number of aldehydes is 1. The molecular formula is C17H16O4. The molecule has 108 valence electrons. The minimum atomic E-state index is -0.724. The molecule has 1 aromatic carbocycles. The lowest BCUT2D eigenvalue weighted by Gasteiger charge is -2.43. The first kappa shape index (κ1) is 12.7. The fourth-order valence-corrected chi connectivity index (χ4v) is 4.02. The van der Waals surface area contributed by atoms with Gasteiger partial charge in [0.05, 0.1) is 12.5 Å². The summed E-state index contributed by atoms with van der Waals surface area (Å²) in [5.74, 6) is 1.37. The molecule has 0 radical (unpaired) electrons. The van der Waals surface area contributed by atoms with Crippen LogP contribution in [0.1, 0.15) is 17.5 Å². The number of allylic oxidation sites excluding steroid dienone is 2. The first-order chi connectivity index (χ1) is 10.2. The van der Waals surface area contributed by atoms with Crippen molar-refractivity contribution in [2.45, 2.75) is 24.0 Å². The van der Waals surface area contributed by atoms with Gasteiger partial charge in [-0.05, 0) is 11.6 Å². The zero-order valence-corrected chi connectivity index (χ0v) is 11.7. The molecule has 0 saturated carbocycles. The molecule has 4 atom stereocenters. The predicted molar refractivity (Wildman–Crippen MR) is 77.4 cm³/mol. The van der Waals surface area contributed by atoms with E-state index in [1.54, 1.807) is 13.2 Å². The number of carbonyl (C=O) groups excluding carboxylic acids is 1. The Balaban J connectivity index is 2.04. The molecule has 0 aromatic heterocycles. The summed E-state index contributed by atoms with van der Waals surface area (Å²) < 4.78 is 11.5. The van der Waals surface area contributed by atoms with Crippen molar-refractivity contribution in [2.24, 2.45) is 5.92 Å². The first-order valence-electron chi connectivity index (χ1n) is 7.08. The molecule has 0 bridgehead atoms. The van der Waals surface area contributed by atoms with Crippen molar-refractivity contribution in [3.05, 3.63) is 41.5 Å². The summed E-state index contributed by atoms with van der Waals surface area (Å²) in [4.78, 5) is 11.3. The largest absolute Gasteiger partial charge is 0.493 e. The van der Waals surface area contributed by atoms with Gasteiger partial charge in [-0.15, -0.1) is 0 Å². The van der Waals surface area contributed by atoms with Gasteiger partial charge in [-0.2, -0.15) is 0 Å². The number of methoxy groups -OCH3 is 1. The lowest BCUT2D eigenvalue weighted by molar-refractivity contribution is -0.110. The molecule has 4 heteroatoms. The van der Waals surface area contributed by atoms with Crippen LogP contribution < -0.4 is 9.47 Å². The Bertz CT molecular complexity index is 676. The van der Waals surface area contributed by atoms with Gasteiger partial charge >= 0.3 is 0 Å². The highest BCUT2D eigenvalue weighted by Gasteiger charge is 2.58. The highest BCUT2D eigenvalue weighted by atomic mass is 16.5. The summed E-state index contributed by atoms with van der Waals surface area (Å²) in [7, 11) is 1.60. The Morgan fingerprint density at radius 3 is 3.00 bits per heavy atom. The van der Waals surface area contributed by atoms with Crippen LogP contribution in [-0.4, -0.2) is 30.7 Å². The van der Waals surface area contributed by atoms with Crippen LogP contribution in [0, 0.1) is 5.92 Å². The predicted octanol–water partition coefficient (Wildman–Crippen LogP) is 1.86. The van der Waals surface area contributed by atoms with E-state index in [-0.39, 0.29) is 5.92 Å². The molecule has 0 unspecified atom stereocenters. The van der Waals surface area contributed by atoms with Crippen LogP contribution in [0.5, 0.6) is 11.5 Å². The number of ether oxygens (including phenoxy) is 2. The quantitative estimate of drug-likeness (QED) is 0.680. The Labute approximate surface area is 122 Å². The van der Waals surface area contributed by atoms with E-state index >= 15 is 0 Å². The average Bonchev–Trinajstić information content (AvgIpc) is 2.85. The van der Waals surface area contributed by atoms with Crippen LogP contribution in [0.25, 0.3) is 6.08 Å². The first-order valence-corrected chi connectivity index (χ1v) is 7.08. The van der Waals surface area contributed by atoms with E-state index in [0.717, 1.165) is 17.4 Å². The second-order valence-electron chi connectivity index (χ2n) is 5.77. The fourth-order valence-electron chi connectivity index (χ4n) is 4.02. The number of hydrogen-bond acceptors (Lipinski definition) is 4.